The van der Waals surface area contributed by atoms with Crippen LogP contribution in [0.15, 0.2) is 78.9 Å². The maximum absolute atomic E-state index is 13.5. The summed E-state index contributed by atoms with van der Waals surface area (Å²) in [5, 5.41) is 3.58. The van der Waals surface area contributed by atoms with Crippen molar-refractivity contribution in [3.63, 3.8) is 0 Å². The highest BCUT2D eigenvalue weighted by Gasteiger charge is 2.30. The molecule has 2 amide bonds. The summed E-state index contributed by atoms with van der Waals surface area (Å²) in [5.41, 5.74) is 2.97. The zero-order valence-electron chi connectivity index (χ0n) is 19.7. The van der Waals surface area contributed by atoms with Crippen molar-refractivity contribution in [1.82, 2.24) is 10.2 Å². The van der Waals surface area contributed by atoms with Gasteiger partial charge in [0.15, 0.2) is 6.61 Å². The first-order valence-corrected chi connectivity index (χ1v) is 11.9. The summed E-state index contributed by atoms with van der Waals surface area (Å²) in [5.74, 6) is 0.173. The number of nitrogens with zero attached hydrogens (tertiary/aromatic N) is 1. The number of benzene rings is 3. The Labute approximate surface area is 206 Å². The number of carbonyl (C=O) groups is 2. The fourth-order valence-electron chi connectivity index (χ4n) is 3.57. The van der Waals surface area contributed by atoms with E-state index >= 15 is 0 Å². The number of nitrogens with one attached hydrogen (secondary N) is 1. The van der Waals surface area contributed by atoms with Crippen LogP contribution in [0.3, 0.4) is 0 Å². The van der Waals surface area contributed by atoms with Gasteiger partial charge in [-0.3, -0.25) is 9.59 Å². The highest BCUT2D eigenvalue weighted by molar-refractivity contribution is 6.30. The Bertz CT molecular complexity index is 1050. The monoisotopic (exact) mass is 478 g/mol. The molecule has 34 heavy (non-hydrogen) atoms. The molecule has 3 aromatic carbocycles. The number of hydrogen-bond acceptors (Lipinski definition) is 3. The number of carbonyl (C=O) groups excluding carboxylic acids is 2. The van der Waals surface area contributed by atoms with Crippen LogP contribution in [0.4, 0.5) is 0 Å². The van der Waals surface area contributed by atoms with E-state index in [-0.39, 0.29) is 25.0 Å². The van der Waals surface area contributed by atoms with Gasteiger partial charge in [-0.15, -0.1) is 0 Å². The lowest BCUT2D eigenvalue weighted by atomic mass is 10.0. The number of halogens is 1. The Morgan fingerprint density at radius 2 is 1.62 bits per heavy atom. The molecule has 0 aliphatic carbocycles. The minimum Gasteiger partial charge on any atom is -0.484 e. The van der Waals surface area contributed by atoms with E-state index in [0.29, 0.717) is 23.7 Å². The zero-order chi connectivity index (χ0) is 24.3. The van der Waals surface area contributed by atoms with Crippen LogP contribution in [-0.2, 0) is 22.6 Å². The first kappa shape index (κ1) is 25.3. The van der Waals surface area contributed by atoms with E-state index < -0.39 is 6.04 Å². The maximum Gasteiger partial charge on any atom is 0.261 e. The van der Waals surface area contributed by atoms with Crippen LogP contribution in [0.2, 0.25) is 5.02 Å². The molecule has 0 spiro atoms. The molecule has 0 heterocycles. The van der Waals surface area contributed by atoms with Crippen LogP contribution in [0.1, 0.15) is 30.0 Å². The SMILES string of the molecule is CCCNC(=O)C(Cc1ccccc1)N(Cc1ccc(Cl)cc1)C(=O)COc1ccc(C)cc1. The van der Waals surface area contributed by atoms with Gasteiger partial charge in [0.05, 0.1) is 0 Å². The molecule has 6 heteroatoms. The van der Waals surface area contributed by atoms with Gasteiger partial charge in [0.2, 0.25) is 5.91 Å². The highest BCUT2D eigenvalue weighted by atomic mass is 35.5. The van der Waals surface area contributed by atoms with Gasteiger partial charge in [0, 0.05) is 24.5 Å². The third-order valence-corrected chi connectivity index (χ3v) is 5.72. The van der Waals surface area contributed by atoms with E-state index in [0.717, 1.165) is 23.1 Å². The van der Waals surface area contributed by atoms with E-state index in [4.69, 9.17) is 16.3 Å². The van der Waals surface area contributed by atoms with Gasteiger partial charge in [0.1, 0.15) is 11.8 Å². The Balaban J connectivity index is 1.87. The summed E-state index contributed by atoms with van der Waals surface area (Å²) < 4.78 is 5.78. The average molecular weight is 479 g/mol. The topological polar surface area (TPSA) is 58.6 Å². The Kier molecular flexibility index (Phi) is 9.53. The summed E-state index contributed by atoms with van der Waals surface area (Å²) in [6.45, 7) is 4.64. The number of ether oxygens (including phenoxy) is 1. The summed E-state index contributed by atoms with van der Waals surface area (Å²) in [6, 6.07) is 23.9. The molecular weight excluding hydrogens is 448 g/mol. The van der Waals surface area contributed by atoms with Crippen molar-refractivity contribution in [3.8, 4) is 5.75 Å². The molecule has 0 saturated heterocycles. The van der Waals surface area contributed by atoms with Gasteiger partial charge in [-0.2, -0.15) is 0 Å². The van der Waals surface area contributed by atoms with Crippen LogP contribution < -0.4 is 10.1 Å². The van der Waals surface area contributed by atoms with Crippen LogP contribution in [0, 0.1) is 6.92 Å². The summed E-state index contributed by atoms with van der Waals surface area (Å²) in [7, 11) is 0. The molecule has 0 saturated carbocycles. The van der Waals surface area contributed by atoms with Gasteiger partial charge in [0.25, 0.3) is 5.91 Å². The van der Waals surface area contributed by atoms with Crippen molar-refractivity contribution >= 4 is 23.4 Å². The first-order valence-electron chi connectivity index (χ1n) is 11.5. The minimum atomic E-state index is -0.682. The molecule has 3 rings (SSSR count). The van der Waals surface area contributed by atoms with E-state index in [1.54, 1.807) is 17.0 Å². The Morgan fingerprint density at radius 3 is 2.26 bits per heavy atom. The van der Waals surface area contributed by atoms with Crippen LogP contribution >= 0.6 is 11.6 Å². The zero-order valence-corrected chi connectivity index (χ0v) is 20.4. The largest absolute Gasteiger partial charge is 0.484 e. The standard InChI is InChI=1S/C28H31ClN2O3/c1-3-17-30-28(33)26(18-22-7-5-4-6-8-22)31(19-23-11-13-24(29)14-12-23)27(32)20-34-25-15-9-21(2)10-16-25/h4-16,26H,3,17-20H2,1-2H3,(H,30,33). The molecule has 1 unspecified atom stereocenters. The lowest BCUT2D eigenvalue weighted by Gasteiger charge is -2.31. The number of amides is 2. The highest BCUT2D eigenvalue weighted by Crippen LogP contribution is 2.18. The predicted molar refractivity (Wildman–Crippen MR) is 136 cm³/mol. The van der Waals surface area contributed by atoms with Crippen molar-refractivity contribution in [1.29, 1.82) is 0 Å². The Hall–Kier alpha value is -3.31. The average Bonchev–Trinajstić information content (AvgIpc) is 2.86. The molecule has 1 N–H and O–H groups in total. The molecule has 178 valence electrons. The van der Waals surface area contributed by atoms with Crippen molar-refractivity contribution in [2.75, 3.05) is 13.2 Å². The first-order chi connectivity index (χ1) is 16.5. The van der Waals surface area contributed by atoms with Crippen LogP contribution in [0.25, 0.3) is 0 Å². The third-order valence-electron chi connectivity index (χ3n) is 5.47. The van der Waals surface area contributed by atoms with Gasteiger partial charge in [-0.1, -0.05) is 78.7 Å². The number of aryl methyl sites for hydroxylation is 1. The molecule has 0 fully saturated rings. The molecule has 0 aliphatic heterocycles. The maximum atomic E-state index is 13.5. The second-order valence-corrected chi connectivity index (χ2v) is 8.68. The Morgan fingerprint density at radius 1 is 0.941 bits per heavy atom. The fraction of sp³-hybridized carbons (Fsp3) is 0.286. The van der Waals surface area contributed by atoms with Crippen molar-refractivity contribution < 1.29 is 14.3 Å². The van der Waals surface area contributed by atoms with Crippen LogP contribution in [-0.4, -0.2) is 35.9 Å². The van der Waals surface area contributed by atoms with Gasteiger partial charge in [-0.25, -0.2) is 0 Å². The van der Waals surface area contributed by atoms with E-state index in [9.17, 15) is 9.59 Å². The number of hydrogen-bond donors (Lipinski definition) is 1. The lowest BCUT2D eigenvalue weighted by Crippen LogP contribution is -2.51. The quantitative estimate of drug-likeness (QED) is 0.412. The minimum absolute atomic E-state index is 0.164. The van der Waals surface area contributed by atoms with Crippen LogP contribution in [0.5, 0.6) is 5.75 Å². The summed E-state index contributed by atoms with van der Waals surface area (Å²) >= 11 is 6.05. The van der Waals surface area contributed by atoms with E-state index in [1.165, 1.54) is 0 Å². The molecule has 5 nitrogen and oxygen atoms in total. The molecule has 1 atom stereocenters. The van der Waals surface area contributed by atoms with Gasteiger partial charge >= 0.3 is 0 Å². The summed E-state index contributed by atoms with van der Waals surface area (Å²) in [6.07, 6.45) is 1.21. The predicted octanol–water partition coefficient (Wildman–Crippen LogP) is 5.19. The number of rotatable bonds is 11. The van der Waals surface area contributed by atoms with E-state index in [1.807, 2.05) is 80.6 Å². The molecular formula is C28H31ClN2O3. The lowest BCUT2D eigenvalue weighted by molar-refractivity contribution is -0.142. The molecule has 3 aromatic rings. The van der Waals surface area contributed by atoms with E-state index in [2.05, 4.69) is 5.32 Å². The van der Waals surface area contributed by atoms with Crippen molar-refractivity contribution in [3.05, 3.63) is 101 Å². The van der Waals surface area contributed by atoms with Crippen molar-refractivity contribution in [2.24, 2.45) is 0 Å². The third kappa shape index (κ3) is 7.63. The fourth-order valence-corrected chi connectivity index (χ4v) is 3.69. The molecule has 0 bridgehead atoms. The molecule has 0 aliphatic rings. The second-order valence-electron chi connectivity index (χ2n) is 8.25. The smallest absolute Gasteiger partial charge is 0.261 e. The van der Waals surface area contributed by atoms with Gasteiger partial charge in [-0.05, 0) is 48.7 Å². The van der Waals surface area contributed by atoms with Crippen molar-refractivity contribution in [2.45, 2.75) is 39.3 Å². The van der Waals surface area contributed by atoms with Gasteiger partial charge < -0.3 is 15.0 Å². The summed E-state index contributed by atoms with van der Waals surface area (Å²) in [4.78, 5) is 28.3. The molecule has 0 aromatic heterocycles. The second kappa shape index (κ2) is 12.8. The normalized spacial score (nSPS) is 11.5. The molecule has 0 radical (unpaired) electrons.